The number of hydrogen-bond acceptors (Lipinski definition) is 2. The Bertz CT molecular complexity index is 531. The minimum atomic E-state index is -0.292. The summed E-state index contributed by atoms with van der Waals surface area (Å²) in [5.74, 6) is 2.54. The Morgan fingerprint density at radius 2 is 1.48 bits per heavy atom. The number of nitrogens with two attached hydrogens (primary N) is 2. The summed E-state index contributed by atoms with van der Waals surface area (Å²) >= 11 is 0. The first-order chi connectivity index (χ1) is 10.0. The molecule has 5 rings (SSSR count). The number of rotatable bonds is 3. The Morgan fingerprint density at radius 1 is 0.952 bits per heavy atom. The van der Waals surface area contributed by atoms with Crippen LogP contribution in [0.1, 0.15) is 50.5 Å². The van der Waals surface area contributed by atoms with Crippen LogP contribution in [-0.2, 0) is 6.42 Å². The van der Waals surface area contributed by atoms with Crippen LogP contribution >= 0.6 is 0 Å². The molecule has 4 fully saturated rings. The van der Waals surface area contributed by atoms with Gasteiger partial charge in [0.25, 0.3) is 0 Å². The van der Waals surface area contributed by atoms with Gasteiger partial charge < -0.3 is 11.5 Å². The zero-order chi connectivity index (χ0) is 14.6. The Morgan fingerprint density at radius 3 is 2.05 bits per heavy atom. The van der Waals surface area contributed by atoms with Crippen LogP contribution in [0.5, 0.6) is 0 Å². The van der Waals surface area contributed by atoms with Crippen molar-refractivity contribution in [1.82, 2.24) is 0 Å². The monoisotopic (exact) mass is 288 g/mol. The van der Waals surface area contributed by atoms with Crippen LogP contribution in [-0.4, -0.2) is 0 Å². The van der Waals surface area contributed by atoms with Gasteiger partial charge in [-0.25, -0.2) is 4.39 Å². The molecule has 4 aliphatic carbocycles. The molecule has 0 aliphatic heterocycles. The minimum absolute atomic E-state index is 0.227. The molecule has 21 heavy (non-hydrogen) atoms. The molecule has 2 nitrogen and oxygen atoms in total. The van der Waals surface area contributed by atoms with Gasteiger partial charge in [-0.3, -0.25) is 0 Å². The quantitative estimate of drug-likeness (QED) is 0.821. The smallest absolute Gasteiger partial charge is 0.151 e. The lowest BCUT2D eigenvalue weighted by atomic mass is 9.48. The molecule has 4 N–H and O–H groups in total. The van der Waals surface area contributed by atoms with Crippen LogP contribution in [0.2, 0.25) is 0 Å². The van der Waals surface area contributed by atoms with E-state index in [-0.39, 0.29) is 11.5 Å². The SMILES string of the molecule is Nc1ccc(N)c(CCC23CC4CC(CC(C4)C2)C3)c1F. The maximum atomic E-state index is 14.2. The largest absolute Gasteiger partial charge is 0.398 e. The van der Waals surface area contributed by atoms with Crippen molar-refractivity contribution in [3.05, 3.63) is 23.5 Å². The zero-order valence-corrected chi connectivity index (χ0v) is 12.6. The van der Waals surface area contributed by atoms with E-state index in [0.29, 0.717) is 16.7 Å². The third-order valence-electron chi connectivity index (χ3n) is 6.38. The van der Waals surface area contributed by atoms with Crippen LogP contribution in [0.3, 0.4) is 0 Å². The molecule has 0 atom stereocenters. The van der Waals surface area contributed by atoms with E-state index in [1.54, 1.807) is 12.1 Å². The van der Waals surface area contributed by atoms with E-state index in [0.717, 1.165) is 30.6 Å². The van der Waals surface area contributed by atoms with E-state index in [2.05, 4.69) is 0 Å². The molecule has 0 amide bonds. The molecular formula is C18H25FN2. The van der Waals surface area contributed by atoms with Gasteiger partial charge in [0.2, 0.25) is 0 Å². The van der Waals surface area contributed by atoms with Crippen LogP contribution < -0.4 is 11.5 Å². The molecule has 0 saturated heterocycles. The first-order valence-corrected chi connectivity index (χ1v) is 8.37. The molecular weight excluding hydrogens is 263 g/mol. The average molecular weight is 288 g/mol. The predicted octanol–water partition coefficient (Wildman–Crippen LogP) is 4.14. The van der Waals surface area contributed by atoms with Crippen LogP contribution in [0.25, 0.3) is 0 Å². The van der Waals surface area contributed by atoms with Gasteiger partial charge in [-0.1, -0.05) is 0 Å². The number of anilines is 2. The van der Waals surface area contributed by atoms with Gasteiger partial charge in [0.1, 0.15) is 0 Å². The lowest BCUT2D eigenvalue weighted by Crippen LogP contribution is -2.46. The summed E-state index contributed by atoms with van der Waals surface area (Å²) in [7, 11) is 0. The second-order valence-electron chi connectivity index (χ2n) is 7.95. The summed E-state index contributed by atoms with van der Waals surface area (Å²) in [4.78, 5) is 0. The van der Waals surface area contributed by atoms with E-state index in [9.17, 15) is 4.39 Å². The number of benzene rings is 1. The van der Waals surface area contributed by atoms with Gasteiger partial charge in [-0.15, -0.1) is 0 Å². The molecule has 3 heteroatoms. The number of hydrogen-bond donors (Lipinski definition) is 2. The summed E-state index contributed by atoms with van der Waals surface area (Å²) < 4.78 is 14.2. The normalized spacial score (nSPS) is 37.1. The van der Waals surface area contributed by atoms with E-state index in [1.165, 1.54) is 38.5 Å². The van der Waals surface area contributed by atoms with Crippen molar-refractivity contribution in [1.29, 1.82) is 0 Å². The van der Waals surface area contributed by atoms with Crippen LogP contribution in [0, 0.1) is 29.0 Å². The van der Waals surface area contributed by atoms with E-state index < -0.39 is 0 Å². The second kappa shape index (κ2) is 4.62. The van der Waals surface area contributed by atoms with Gasteiger partial charge in [0.15, 0.2) is 5.82 Å². The van der Waals surface area contributed by atoms with Gasteiger partial charge in [-0.05, 0) is 86.7 Å². The fraction of sp³-hybridized carbons (Fsp3) is 0.667. The molecule has 0 heterocycles. The third-order valence-corrected chi connectivity index (χ3v) is 6.38. The molecule has 114 valence electrons. The molecule has 1 aromatic rings. The van der Waals surface area contributed by atoms with Crippen molar-refractivity contribution in [2.75, 3.05) is 11.5 Å². The predicted molar refractivity (Wildman–Crippen MR) is 84.2 cm³/mol. The second-order valence-corrected chi connectivity index (χ2v) is 7.95. The van der Waals surface area contributed by atoms with Crippen molar-refractivity contribution in [2.24, 2.45) is 23.2 Å². The van der Waals surface area contributed by atoms with Crippen LogP contribution in [0.15, 0.2) is 12.1 Å². The molecule has 0 unspecified atom stereocenters. The fourth-order valence-corrected chi connectivity index (χ4v) is 5.89. The maximum Gasteiger partial charge on any atom is 0.151 e. The zero-order valence-electron chi connectivity index (χ0n) is 12.6. The molecule has 0 spiro atoms. The number of halogens is 1. The molecule has 1 aromatic carbocycles. The Hall–Kier alpha value is -1.25. The summed E-state index contributed by atoms with van der Waals surface area (Å²) in [6.45, 7) is 0. The Balaban J connectivity index is 1.54. The number of nitrogen functional groups attached to an aromatic ring is 2. The van der Waals surface area contributed by atoms with E-state index in [4.69, 9.17) is 11.5 Å². The lowest BCUT2D eigenvalue weighted by molar-refractivity contribution is -0.0570. The minimum Gasteiger partial charge on any atom is -0.398 e. The maximum absolute atomic E-state index is 14.2. The van der Waals surface area contributed by atoms with Crippen molar-refractivity contribution in [3.8, 4) is 0 Å². The van der Waals surface area contributed by atoms with E-state index in [1.807, 2.05) is 0 Å². The lowest BCUT2D eigenvalue weighted by Gasteiger charge is -2.57. The van der Waals surface area contributed by atoms with Gasteiger partial charge in [-0.2, -0.15) is 0 Å². The van der Waals surface area contributed by atoms with Crippen LogP contribution in [0.4, 0.5) is 15.8 Å². The Kier molecular flexibility index (Phi) is 2.95. The first kappa shape index (κ1) is 13.4. The van der Waals surface area contributed by atoms with Gasteiger partial charge in [0.05, 0.1) is 5.69 Å². The molecule has 4 bridgehead atoms. The Labute approximate surface area is 126 Å². The topological polar surface area (TPSA) is 52.0 Å². The summed E-state index contributed by atoms with van der Waals surface area (Å²) in [6.07, 6.45) is 10.3. The highest BCUT2D eigenvalue weighted by Crippen LogP contribution is 2.61. The summed E-state index contributed by atoms with van der Waals surface area (Å²) in [6, 6.07) is 3.31. The molecule has 0 aromatic heterocycles. The van der Waals surface area contributed by atoms with Gasteiger partial charge in [0, 0.05) is 11.3 Å². The standard InChI is InChI=1S/C18H25FN2/c19-17-14(15(20)1-2-16(17)21)3-4-18-8-11-5-12(9-18)7-13(6-11)10-18/h1-2,11-13H,3-10,20-21H2. The fourth-order valence-electron chi connectivity index (χ4n) is 5.89. The average Bonchev–Trinajstić information content (AvgIpc) is 2.41. The highest BCUT2D eigenvalue weighted by atomic mass is 19.1. The van der Waals surface area contributed by atoms with Crippen molar-refractivity contribution >= 4 is 11.4 Å². The highest BCUT2D eigenvalue weighted by molar-refractivity contribution is 5.56. The highest BCUT2D eigenvalue weighted by Gasteiger charge is 2.50. The van der Waals surface area contributed by atoms with Crippen molar-refractivity contribution < 1.29 is 4.39 Å². The van der Waals surface area contributed by atoms with E-state index >= 15 is 0 Å². The first-order valence-electron chi connectivity index (χ1n) is 8.37. The summed E-state index contributed by atoms with van der Waals surface area (Å²) in [5.41, 5.74) is 13.6. The third kappa shape index (κ3) is 2.21. The van der Waals surface area contributed by atoms with Crippen molar-refractivity contribution in [2.45, 2.75) is 51.4 Å². The molecule has 4 aliphatic rings. The van der Waals surface area contributed by atoms with Gasteiger partial charge >= 0.3 is 0 Å². The summed E-state index contributed by atoms with van der Waals surface area (Å²) in [5, 5.41) is 0. The molecule has 0 radical (unpaired) electrons. The van der Waals surface area contributed by atoms with Crippen molar-refractivity contribution in [3.63, 3.8) is 0 Å². The molecule has 4 saturated carbocycles.